The minimum atomic E-state index is -0.173. The molecule has 2 aromatic carbocycles. The molecule has 5 nitrogen and oxygen atoms in total. The lowest BCUT2D eigenvalue weighted by molar-refractivity contribution is -0.122. The van der Waals surface area contributed by atoms with Crippen molar-refractivity contribution in [3.05, 3.63) is 70.4 Å². The Labute approximate surface area is 183 Å². The van der Waals surface area contributed by atoms with Crippen molar-refractivity contribution in [2.75, 3.05) is 7.11 Å². The average Bonchev–Trinajstić information content (AvgIpc) is 2.72. The fourth-order valence-electron chi connectivity index (χ4n) is 4.66. The highest BCUT2D eigenvalue weighted by atomic mass is 16.5. The molecule has 1 heterocycles. The maximum atomic E-state index is 13.3. The van der Waals surface area contributed by atoms with E-state index in [0.29, 0.717) is 30.8 Å². The second-order valence-electron chi connectivity index (χ2n) is 8.72. The van der Waals surface area contributed by atoms with Gasteiger partial charge in [0.2, 0.25) is 5.91 Å². The molecule has 1 amide bonds. The van der Waals surface area contributed by atoms with Gasteiger partial charge < -0.3 is 14.8 Å². The van der Waals surface area contributed by atoms with Gasteiger partial charge in [-0.1, -0.05) is 35.9 Å². The molecule has 0 saturated heterocycles. The molecule has 0 radical (unpaired) electrons. The van der Waals surface area contributed by atoms with Crippen LogP contribution in [0.3, 0.4) is 0 Å². The highest BCUT2D eigenvalue weighted by Crippen LogP contribution is 2.44. The number of ketones is 1. The van der Waals surface area contributed by atoms with E-state index in [9.17, 15) is 9.59 Å². The number of Topliss-reactive ketones (excluding diaryl/α,β-unsaturated/α-hetero) is 1. The third-order valence-electron chi connectivity index (χ3n) is 6.00. The summed E-state index contributed by atoms with van der Waals surface area (Å²) < 4.78 is 11.3. The van der Waals surface area contributed by atoms with E-state index in [0.717, 1.165) is 28.0 Å². The molecule has 4 rings (SSSR count). The number of benzene rings is 2. The molecule has 0 bridgehead atoms. The Bertz CT molecular complexity index is 1050. The SMILES string of the molecule is COc1cc(C2CC(=O)C3=C(C2)NC(=O)CC3c2cccc(C)c2)ccc1OC(C)C. The lowest BCUT2D eigenvalue weighted by Crippen LogP contribution is -2.38. The van der Waals surface area contributed by atoms with Crippen molar-refractivity contribution >= 4 is 11.7 Å². The molecule has 2 aliphatic rings. The maximum Gasteiger partial charge on any atom is 0.225 e. The Kier molecular flexibility index (Phi) is 5.86. The van der Waals surface area contributed by atoms with Gasteiger partial charge in [0, 0.05) is 30.0 Å². The number of rotatable bonds is 5. The molecular formula is C26H29NO4. The zero-order valence-electron chi connectivity index (χ0n) is 18.5. The zero-order valence-corrected chi connectivity index (χ0v) is 18.5. The summed E-state index contributed by atoms with van der Waals surface area (Å²) in [5, 5.41) is 2.99. The van der Waals surface area contributed by atoms with Gasteiger partial charge >= 0.3 is 0 Å². The van der Waals surface area contributed by atoms with E-state index >= 15 is 0 Å². The second kappa shape index (κ2) is 8.58. The van der Waals surface area contributed by atoms with Gasteiger partial charge in [-0.25, -0.2) is 0 Å². The van der Waals surface area contributed by atoms with E-state index in [1.807, 2.05) is 57.2 Å². The van der Waals surface area contributed by atoms with Gasteiger partial charge in [0.1, 0.15) is 0 Å². The minimum Gasteiger partial charge on any atom is -0.493 e. The summed E-state index contributed by atoms with van der Waals surface area (Å²) in [5.41, 5.74) is 4.71. The smallest absolute Gasteiger partial charge is 0.225 e. The maximum absolute atomic E-state index is 13.3. The first-order valence-corrected chi connectivity index (χ1v) is 10.8. The van der Waals surface area contributed by atoms with E-state index in [1.54, 1.807) is 7.11 Å². The number of ether oxygens (including phenoxy) is 2. The van der Waals surface area contributed by atoms with Gasteiger partial charge in [-0.15, -0.1) is 0 Å². The molecule has 0 aromatic heterocycles. The van der Waals surface area contributed by atoms with Crippen molar-refractivity contribution < 1.29 is 19.1 Å². The third kappa shape index (κ3) is 4.36. The normalized spacial score (nSPS) is 21.1. The van der Waals surface area contributed by atoms with Crippen molar-refractivity contribution in [1.29, 1.82) is 0 Å². The first-order chi connectivity index (χ1) is 14.9. The fourth-order valence-corrected chi connectivity index (χ4v) is 4.66. The quantitative estimate of drug-likeness (QED) is 0.756. The van der Waals surface area contributed by atoms with Crippen LogP contribution >= 0.6 is 0 Å². The second-order valence-corrected chi connectivity index (χ2v) is 8.72. The van der Waals surface area contributed by atoms with Crippen LogP contribution in [0.15, 0.2) is 53.7 Å². The highest BCUT2D eigenvalue weighted by Gasteiger charge is 2.38. The van der Waals surface area contributed by atoms with Gasteiger partial charge in [0.05, 0.1) is 13.2 Å². The largest absolute Gasteiger partial charge is 0.493 e. The first kappa shape index (κ1) is 21.2. The number of aryl methyl sites for hydroxylation is 1. The Morgan fingerprint density at radius 2 is 1.77 bits per heavy atom. The molecule has 0 spiro atoms. The summed E-state index contributed by atoms with van der Waals surface area (Å²) in [7, 11) is 1.62. The third-order valence-corrected chi connectivity index (χ3v) is 6.00. The molecular weight excluding hydrogens is 390 g/mol. The van der Waals surface area contributed by atoms with E-state index < -0.39 is 0 Å². The topological polar surface area (TPSA) is 64.6 Å². The Hall–Kier alpha value is -3.08. The van der Waals surface area contributed by atoms with E-state index in [2.05, 4.69) is 11.4 Å². The highest BCUT2D eigenvalue weighted by molar-refractivity contribution is 6.02. The van der Waals surface area contributed by atoms with Gasteiger partial charge in [-0.3, -0.25) is 9.59 Å². The monoisotopic (exact) mass is 419 g/mol. The molecule has 2 atom stereocenters. The van der Waals surface area contributed by atoms with Crippen LogP contribution in [-0.4, -0.2) is 24.9 Å². The van der Waals surface area contributed by atoms with Crippen LogP contribution in [0.5, 0.6) is 11.5 Å². The summed E-state index contributed by atoms with van der Waals surface area (Å²) in [4.78, 5) is 25.8. The van der Waals surface area contributed by atoms with Gasteiger partial charge in [-0.05, 0) is 56.4 Å². The van der Waals surface area contributed by atoms with Crippen LogP contribution in [0.1, 0.15) is 61.6 Å². The zero-order chi connectivity index (χ0) is 22.1. The van der Waals surface area contributed by atoms with Gasteiger partial charge in [0.15, 0.2) is 17.3 Å². The van der Waals surface area contributed by atoms with Crippen LogP contribution in [0, 0.1) is 6.92 Å². The van der Waals surface area contributed by atoms with Crippen molar-refractivity contribution in [2.45, 2.75) is 58.0 Å². The predicted molar refractivity (Wildman–Crippen MR) is 119 cm³/mol. The molecule has 2 unspecified atom stereocenters. The number of amides is 1. The lowest BCUT2D eigenvalue weighted by Gasteiger charge is -2.34. The van der Waals surface area contributed by atoms with Crippen LogP contribution in [0.2, 0.25) is 0 Å². The average molecular weight is 420 g/mol. The minimum absolute atomic E-state index is 0.00944. The number of carbonyl (C=O) groups excluding carboxylic acids is 2. The molecule has 0 saturated carbocycles. The Balaban J connectivity index is 1.66. The van der Waals surface area contributed by atoms with E-state index in [4.69, 9.17) is 9.47 Å². The predicted octanol–water partition coefficient (Wildman–Crippen LogP) is 4.80. The molecule has 1 aliphatic carbocycles. The van der Waals surface area contributed by atoms with Crippen molar-refractivity contribution in [3.63, 3.8) is 0 Å². The Morgan fingerprint density at radius 3 is 2.48 bits per heavy atom. The number of methoxy groups -OCH3 is 1. The fraction of sp³-hybridized carbons (Fsp3) is 0.385. The van der Waals surface area contributed by atoms with Crippen LogP contribution in [0.25, 0.3) is 0 Å². The molecule has 31 heavy (non-hydrogen) atoms. The van der Waals surface area contributed by atoms with Crippen LogP contribution in [-0.2, 0) is 9.59 Å². The Morgan fingerprint density at radius 1 is 0.968 bits per heavy atom. The molecule has 1 N–H and O–H groups in total. The summed E-state index contributed by atoms with van der Waals surface area (Å²) >= 11 is 0. The summed E-state index contributed by atoms with van der Waals surface area (Å²) in [6, 6.07) is 13.9. The number of hydrogen-bond acceptors (Lipinski definition) is 4. The molecule has 2 aromatic rings. The number of hydrogen-bond donors (Lipinski definition) is 1. The molecule has 5 heteroatoms. The van der Waals surface area contributed by atoms with Crippen LogP contribution < -0.4 is 14.8 Å². The number of nitrogens with one attached hydrogen (secondary N) is 1. The summed E-state index contributed by atoms with van der Waals surface area (Å²) in [6.07, 6.45) is 1.40. The van der Waals surface area contributed by atoms with Crippen molar-refractivity contribution in [2.24, 2.45) is 0 Å². The van der Waals surface area contributed by atoms with E-state index in [-0.39, 0.29) is 29.6 Å². The van der Waals surface area contributed by atoms with Gasteiger partial charge in [-0.2, -0.15) is 0 Å². The molecule has 1 aliphatic heterocycles. The van der Waals surface area contributed by atoms with Crippen molar-refractivity contribution in [1.82, 2.24) is 5.32 Å². The first-order valence-electron chi connectivity index (χ1n) is 10.8. The summed E-state index contributed by atoms with van der Waals surface area (Å²) in [5.74, 6) is 1.24. The van der Waals surface area contributed by atoms with Crippen molar-refractivity contribution in [3.8, 4) is 11.5 Å². The standard InChI is InChI=1S/C26H29NO4/c1-15(2)31-23-9-8-17(13-24(23)30-4)19-11-21-26(22(28)12-19)20(14-25(29)27-21)18-7-5-6-16(3)10-18/h5-10,13,15,19-20H,11-12,14H2,1-4H3,(H,27,29). The molecule has 0 fully saturated rings. The number of allylic oxidation sites excluding steroid dienone is 2. The lowest BCUT2D eigenvalue weighted by atomic mass is 9.73. The van der Waals surface area contributed by atoms with E-state index in [1.165, 1.54) is 0 Å². The number of carbonyl (C=O) groups is 2. The van der Waals surface area contributed by atoms with Crippen LogP contribution in [0.4, 0.5) is 0 Å². The molecule has 162 valence electrons. The van der Waals surface area contributed by atoms with Gasteiger partial charge in [0.25, 0.3) is 0 Å². The summed E-state index contributed by atoms with van der Waals surface area (Å²) in [6.45, 7) is 5.97.